The molecular formula is C22H25NO5S. The highest BCUT2D eigenvalue weighted by molar-refractivity contribution is 7.89. The molecule has 0 aromatic heterocycles. The summed E-state index contributed by atoms with van der Waals surface area (Å²) in [5.74, 6) is -0.994. The zero-order valence-electron chi connectivity index (χ0n) is 16.9. The van der Waals surface area contributed by atoms with Crippen molar-refractivity contribution in [2.45, 2.75) is 37.5 Å². The highest BCUT2D eigenvalue weighted by atomic mass is 32.2. The van der Waals surface area contributed by atoms with E-state index in [1.807, 2.05) is 12.1 Å². The molecule has 154 valence electrons. The second-order valence-electron chi connectivity index (χ2n) is 7.45. The number of fused-ring (bicyclic) bond motifs is 1. The Morgan fingerprint density at radius 1 is 1.00 bits per heavy atom. The van der Waals surface area contributed by atoms with Gasteiger partial charge in [-0.2, -0.15) is 0 Å². The average Bonchev–Trinajstić information content (AvgIpc) is 2.71. The lowest BCUT2D eigenvalue weighted by Gasteiger charge is -2.16. The van der Waals surface area contributed by atoms with Gasteiger partial charge in [0.25, 0.3) is 0 Å². The highest BCUT2D eigenvalue weighted by Crippen LogP contribution is 2.23. The summed E-state index contributed by atoms with van der Waals surface area (Å²) in [5.41, 5.74) is 3.70. The molecule has 2 aromatic carbocycles. The van der Waals surface area contributed by atoms with E-state index in [1.54, 1.807) is 19.1 Å². The van der Waals surface area contributed by atoms with Crippen LogP contribution in [0.1, 0.15) is 50.2 Å². The SMILES string of the molecule is Cc1ccc(S(=O)(=O)N(C)C)cc1C(=O)OCC(=O)c1ccc2c(c1)CCCC2. The van der Waals surface area contributed by atoms with Crippen LogP contribution in [0, 0.1) is 6.92 Å². The first-order valence-electron chi connectivity index (χ1n) is 9.55. The van der Waals surface area contributed by atoms with Crippen LogP contribution in [0.3, 0.4) is 0 Å². The number of hydrogen-bond donors (Lipinski definition) is 0. The number of ketones is 1. The Bertz CT molecular complexity index is 1060. The number of hydrogen-bond acceptors (Lipinski definition) is 5. The molecule has 1 aliphatic carbocycles. The zero-order valence-corrected chi connectivity index (χ0v) is 17.7. The first-order valence-corrected chi connectivity index (χ1v) is 11.0. The summed E-state index contributed by atoms with van der Waals surface area (Å²) in [5, 5.41) is 0. The minimum absolute atomic E-state index is 0.000985. The number of carbonyl (C=O) groups is 2. The smallest absolute Gasteiger partial charge is 0.338 e. The third-order valence-electron chi connectivity index (χ3n) is 5.21. The van der Waals surface area contributed by atoms with Crippen LogP contribution in [0.2, 0.25) is 0 Å². The fourth-order valence-electron chi connectivity index (χ4n) is 3.39. The third-order valence-corrected chi connectivity index (χ3v) is 7.02. The van der Waals surface area contributed by atoms with E-state index in [4.69, 9.17) is 4.74 Å². The van der Waals surface area contributed by atoms with Crippen LogP contribution in [-0.4, -0.2) is 45.2 Å². The number of sulfonamides is 1. The Kier molecular flexibility index (Phi) is 6.19. The molecule has 0 saturated heterocycles. The van der Waals surface area contributed by atoms with Gasteiger partial charge in [-0.3, -0.25) is 4.79 Å². The first kappa shape index (κ1) is 21.2. The number of esters is 1. The Morgan fingerprint density at radius 2 is 1.69 bits per heavy atom. The van der Waals surface area contributed by atoms with Crippen molar-refractivity contribution in [3.63, 3.8) is 0 Å². The van der Waals surface area contributed by atoms with Gasteiger partial charge in [-0.15, -0.1) is 0 Å². The van der Waals surface area contributed by atoms with Gasteiger partial charge in [-0.05, 0) is 67.5 Å². The Morgan fingerprint density at radius 3 is 2.38 bits per heavy atom. The van der Waals surface area contributed by atoms with Gasteiger partial charge in [0, 0.05) is 19.7 Å². The Hall–Kier alpha value is -2.51. The van der Waals surface area contributed by atoms with E-state index in [0.29, 0.717) is 11.1 Å². The minimum atomic E-state index is -3.67. The van der Waals surface area contributed by atoms with Crippen LogP contribution in [0.5, 0.6) is 0 Å². The summed E-state index contributed by atoms with van der Waals surface area (Å²) < 4.78 is 30.9. The molecule has 6 nitrogen and oxygen atoms in total. The molecule has 1 aliphatic rings. The molecule has 0 atom stereocenters. The molecular weight excluding hydrogens is 390 g/mol. The topological polar surface area (TPSA) is 80.8 Å². The predicted octanol–water partition coefficient (Wildman–Crippen LogP) is 3.16. The van der Waals surface area contributed by atoms with Crippen molar-refractivity contribution in [1.82, 2.24) is 4.31 Å². The molecule has 7 heteroatoms. The van der Waals surface area contributed by atoms with Crippen molar-refractivity contribution >= 4 is 21.8 Å². The van der Waals surface area contributed by atoms with E-state index in [0.717, 1.165) is 23.6 Å². The van der Waals surface area contributed by atoms with Gasteiger partial charge in [-0.1, -0.05) is 18.2 Å². The van der Waals surface area contributed by atoms with E-state index in [1.165, 1.54) is 43.8 Å². The standard InChI is InChI=1S/C22H25NO5S/c1-15-8-11-19(29(26,27)23(2)3)13-20(15)22(25)28-14-21(24)18-10-9-16-6-4-5-7-17(16)12-18/h8-13H,4-7,14H2,1-3H3. The summed E-state index contributed by atoms with van der Waals surface area (Å²) in [6, 6.07) is 9.92. The lowest BCUT2D eigenvalue weighted by atomic mass is 9.90. The second kappa shape index (κ2) is 8.47. The molecule has 0 unspecified atom stereocenters. The minimum Gasteiger partial charge on any atom is -0.454 e. The van der Waals surface area contributed by atoms with E-state index in [-0.39, 0.29) is 22.8 Å². The molecule has 0 radical (unpaired) electrons. The first-order chi connectivity index (χ1) is 13.7. The molecule has 0 amide bonds. The molecule has 0 spiro atoms. The second-order valence-corrected chi connectivity index (χ2v) is 9.61. The third kappa shape index (κ3) is 4.57. The van der Waals surface area contributed by atoms with Crippen molar-refractivity contribution in [2.24, 2.45) is 0 Å². The molecule has 3 rings (SSSR count). The molecule has 29 heavy (non-hydrogen) atoms. The van der Waals surface area contributed by atoms with E-state index in [2.05, 4.69) is 0 Å². The van der Waals surface area contributed by atoms with E-state index in [9.17, 15) is 18.0 Å². The summed E-state index contributed by atoms with van der Waals surface area (Å²) >= 11 is 0. The Labute approximate surface area is 171 Å². The monoisotopic (exact) mass is 415 g/mol. The lowest BCUT2D eigenvalue weighted by molar-refractivity contribution is 0.0473. The summed E-state index contributed by atoms with van der Waals surface area (Å²) in [4.78, 5) is 25.0. The van der Waals surface area contributed by atoms with Crippen LogP contribution < -0.4 is 0 Å². The number of ether oxygens (including phenoxy) is 1. The largest absolute Gasteiger partial charge is 0.454 e. The number of Topliss-reactive ketones (excluding diaryl/α,β-unsaturated/α-hetero) is 1. The zero-order chi connectivity index (χ0) is 21.2. The van der Waals surface area contributed by atoms with Crippen LogP contribution in [0.15, 0.2) is 41.3 Å². The van der Waals surface area contributed by atoms with Crippen LogP contribution >= 0.6 is 0 Å². The summed E-state index contributed by atoms with van der Waals surface area (Å²) in [6.07, 6.45) is 4.28. The van der Waals surface area contributed by atoms with Crippen molar-refractivity contribution in [2.75, 3.05) is 20.7 Å². The number of benzene rings is 2. The fraction of sp³-hybridized carbons (Fsp3) is 0.364. The quantitative estimate of drug-likeness (QED) is 0.535. The number of carbonyl (C=O) groups excluding carboxylic acids is 2. The normalized spacial score (nSPS) is 13.8. The summed E-state index contributed by atoms with van der Waals surface area (Å²) in [6.45, 7) is 1.30. The van der Waals surface area contributed by atoms with E-state index >= 15 is 0 Å². The number of rotatable bonds is 6. The Balaban J connectivity index is 1.73. The molecule has 0 heterocycles. The fourth-order valence-corrected chi connectivity index (χ4v) is 4.32. The number of aryl methyl sites for hydroxylation is 3. The van der Waals surface area contributed by atoms with Crippen molar-refractivity contribution in [3.05, 3.63) is 64.2 Å². The molecule has 0 saturated carbocycles. The van der Waals surface area contributed by atoms with Gasteiger partial charge in [0.2, 0.25) is 10.0 Å². The lowest BCUT2D eigenvalue weighted by Crippen LogP contribution is -2.23. The van der Waals surface area contributed by atoms with E-state index < -0.39 is 16.0 Å². The van der Waals surface area contributed by atoms with Crippen molar-refractivity contribution < 1.29 is 22.7 Å². The maximum absolute atomic E-state index is 12.5. The van der Waals surface area contributed by atoms with Crippen molar-refractivity contribution in [3.8, 4) is 0 Å². The van der Waals surface area contributed by atoms with Crippen LogP contribution in [0.25, 0.3) is 0 Å². The molecule has 0 fully saturated rings. The molecule has 2 aromatic rings. The summed E-state index contributed by atoms with van der Waals surface area (Å²) in [7, 11) is -0.832. The van der Waals surface area contributed by atoms with Gasteiger partial charge < -0.3 is 4.74 Å². The highest BCUT2D eigenvalue weighted by Gasteiger charge is 2.21. The van der Waals surface area contributed by atoms with Crippen molar-refractivity contribution in [1.29, 1.82) is 0 Å². The van der Waals surface area contributed by atoms with Gasteiger partial charge in [0.15, 0.2) is 12.4 Å². The van der Waals surface area contributed by atoms with Gasteiger partial charge in [-0.25, -0.2) is 17.5 Å². The maximum atomic E-state index is 12.5. The van der Waals surface area contributed by atoms with Gasteiger partial charge in [0.1, 0.15) is 0 Å². The molecule has 0 bridgehead atoms. The molecule has 0 N–H and O–H groups in total. The van der Waals surface area contributed by atoms with Gasteiger partial charge >= 0.3 is 5.97 Å². The number of nitrogens with zero attached hydrogens (tertiary/aromatic N) is 1. The van der Waals surface area contributed by atoms with Crippen LogP contribution in [0.4, 0.5) is 0 Å². The average molecular weight is 416 g/mol. The predicted molar refractivity (Wildman–Crippen MR) is 110 cm³/mol. The van der Waals surface area contributed by atoms with Gasteiger partial charge in [0.05, 0.1) is 10.5 Å². The van der Waals surface area contributed by atoms with Crippen LogP contribution in [-0.2, 0) is 27.6 Å². The maximum Gasteiger partial charge on any atom is 0.338 e. The molecule has 0 aliphatic heterocycles.